The molecule has 0 saturated carbocycles. The van der Waals surface area contributed by atoms with Crippen LogP contribution in [0.15, 0.2) is 29.3 Å². The first kappa shape index (κ1) is 18.3. The molecule has 1 fully saturated rings. The SMILES string of the molecule is CCNC(=NCc1cccc(C(=O)NC)c1)N1CCC(COC)C1. The van der Waals surface area contributed by atoms with Gasteiger partial charge in [0.05, 0.1) is 13.2 Å². The lowest BCUT2D eigenvalue weighted by atomic mass is 10.1. The molecule has 0 aromatic heterocycles. The van der Waals surface area contributed by atoms with E-state index in [0.29, 0.717) is 18.0 Å². The predicted molar refractivity (Wildman–Crippen MR) is 96.2 cm³/mol. The highest BCUT2D eigenvalue weighted by Crippen LogP contribution is 2.17. The van der Waals surface area contributed by atoms with Crippen molar-refractivity contribution >= 4 is 11.9 Å². The predicted octanol–water partition coefficient (Wildman–Crippen LogP) is 1.48. The molecule has 1 atom stereocenters. The largest absolute Gasteiger partial charge is 0.384 e. The molecule has 0 spiro atoms. The lowest BCUT2D eigenvalue weighted by Gasteiger charge is -2.21. The molecule has 6 heteroatoms. The minimum Gasteiger partial charge on any atom is -0.384 e. The van der Waals surface area contributed by atoms with E-state index in [2.05, 4.69) is 22.5 Å². The Bertz CT molecular complexity index is 574. The van der Waals surface area contributed by atoms with Gasteiger partial charge < -0.3 is 20.3 Å². The highest BCUT2D eigenvalue weighted by molar-refractivity contribution is 5.94. The number of guanidine groups is 1. The number of likely N-dealkylation sites (tertiary alicyclic amines) is 1. The maximum Gasteiger partial charge on any atom is 0.251 e. The number of aliphatic imine (C=N–C) groups is 1. The van der Waals surface area contributed by atoms with E-state index in [4.69, 9.17) is 9.73 Å². The summed E-state index contributed by atoms with van der Waals surface area (Å²) in [5, 5.41) is 6.01. The van der Waals surface area contributed by atoms with E-state index in [0.717, 1.165) is 44.2 Å². The van der Waals surface area contributed by atoms with Crippen LogP contribution in [0.4, 0.5) is 0 Å². The molecule has 0 aliphatic carbocycles. The number of benzene rings is 1. The zero-order chi connectivity index (χ0) is 17.4. The third kappa shape index (κ3) is 4.96. The summed E-state index contributed by atoms with van der Waals surface area (Å²) in [6.07, 6.45) is 1.13. The molecule has 1 aromatic carbocycles. The first-order chi connectivity index (χ1) is 11.7. The molecule has 1 unspecified atom stereocenters. The molecule has 6 nitrogen and oxygen atoms in total. The van der Waals surface area contributed by atoms with Crippen LogP contribution in [0.5, 0.6) is 0 Å². The summed E-state index contributed by atoms with van der Waals surface area (Å²) in [6.45, 7) is 6.23. The van der Waals surface area contributed by atoms with E-state index < -0.39 is 0 Å². The highest BCUT2D eigenvalue weighted by Gasteiger charge is 2.24. The van der Waals surface area contributed by atoms with Crippen LogP contribution in [-0.2, 0) is 11.3 Å². The first-order valence-electron chi connectivity index (χ1n) is 8.51. The molecule has 24 heavy (non-hydrogen) atoms. The maximum atomic E-state index is 11.7. The van der Waals surface area contributed by atoms with Crippen molar-refractivity contribution in [2.45, 2.75) is 19.9 Å². The molecule has 1 aliphatic heterocycles. The van der Waals surface area contributed by atoms with E-state index in [9.17, 15) is 4.79 Å². The molecule has 1 aliphatic rings. The monoisotopic (exact) mass is 332 g/mol. The van der Waals surface area contributed by atoms with E-state index >= 15 is 0 Å². The number of nitrogens with one attached hydrogen (secondary N) is 2. The van der Waals surface area contributed by atoms with Crippen LogP contribution in [-0.4, -0.2) is 57.2 Å². The second-order valence-electron chi connectivity index (χ2n) is 6.01. The number of hydrogen-bond donors (Lipinski definition) is 2. The van der Waals surface area contributed by atoms with Gasteiger partial charge in [-0.05, 0) is 31.0 Å². The van der Waals surface area contributed by atoms with Crippen molar-refractivity contribution in [2.24, 2.45) is 10.9 Å². The van der Waals surface area contributed by atoms with Gasteiger partial charge in [0, 0.05) is 45.3 Å². The summed E-state index contributed by atoms with van der Waals surface area (Å²) in [5.74, 6) is 1.42. The average molecular weight is 332 g/mol. The lowest BCUT2D eigenvalue weighted by Crippen LogP contribution is -2.40. The number of hydrogen-bond acceptors (Lipinski definition) is 3. The number of carbonyl (C=O) groups is 1. The van der Waals surface area contributed by atoms with Crippen LogP contribution in [0, 0.1) is 5.92 Å². The average Bonchev–Trinajstić information content (AvgIpc) is 3.07. The fourth-order valence-electron chi connectivity index (χ4n) is 2.94. The molecular formula is C18H28N4O2. The Labute approximate surface area is 144 Å². The van der Waals surface area contributed by atoms with Crippen molar-refractivity contribution < 1.29 is 9.53 Å². The highest BCUT2D eigenvalue weighted by atomic mass is 16.5. The minimum absolute atomic E-state index is 0.0744. The van der Waals surface area contributed by atoms with Crippen molar-refractivity contribution in [3.63, 3.8) is 0 Å². The molecule has 132 valence electrons. The second-order valence-corrected chi connectivity index (χ2v) is 6.01. The number of rotatable bonds is 6. The Balaban J connectivity index is 2.05. The Morgan fingerprint density at radius 1 is 1.46 bits per heavy atom. The molecule has 1 saturated heterocycles. The van der Waals surface area contributed by atoms with Crippen molar-refractivity contribution in [1.82, 2.24) is 15.5 Å². The third-order valence-electron chi connectivity index (χ3n) is 4.15. The van der Waals surface area contributed by atoms with Gasteiger partial charge in [0.25, 0.3) is 5.91 Å². The summed E-state index contributed by atoms with van der Waals surface area (Å²) >= 11 is 0. The van der Waals surface area contributed by atoms with Crippen LogP contribution in [0.3, 0.4) is 0 Å². The lowest BCUT2D eigenvalue weighted by molar-refractivity contribution is 0.0963. The smallest absolute Gasteiger partial charge is 0.251 e. The minimum atomic E-state index is -0.0744. The Hall–Kier alpha value is -2.08. The van der Waals surface area contributed by atoms with Crippen molar-refractivity contribution in [2.75, 3.05) is 40.4 Å². The summed E-state index contributed by atoms with van der Waals surface area (Å²) < 4.78 is 5.26. The summed E-state index contributed by atoms with van der Waals surface area (Å²) in [6, 6.07) is 7.60. The van der Waals surface area contributed by atoms with Gasteiger partial charge in [-0.3, -0.25) is 4.79 Å². The molecule has 1 aromatic rings. The van der Waals surface area contributed by atoms with Crippen molar-refractivity contribution in [3.05, 3.63) is 35.4 Å². The molecule has 2 rings (SSSR count). The Kier molecular flexibility index (Phi) is 7.06. The molecule has 2 N–H and O–H groups in total. The fourth-order valence-corrected chi connectivity index (χ4v) is 2.94. The number of amides is 1. The summed E-state index contributed by atoms with van der Waals surface area (Å²) in [4.78, 5) is 18.8. The van der Waals surface area contributed by atoms with Gasteiger partial charge in [-0.25, -0.2) is 4.99 Å². The quantitative estimate of drug-likeness (QED) is 0.612. The molecule has 1 heterocycles. The van der Waals surface area contributed by atoms with Crippen LogP contribution >= 0.6 is 0 Å². The van der Waals surface area contributed by atoms with Crippen LogP contribution in [0.1, 0.15) is 29.3 Å². The van der Waals surface area contributed by atoms with Crippen molar-refractivity contribution in [1.29, 1.82) is 0 Å². The number of ether oxygens (including phenoxy) is 1. The van der Waals surface area contributed by atoms with Gasteiger partial charge in [0.1, 0.15) is 0 Å². The van der Waals surface area contributed by atoms with E-state index in [1.54, 1.807) is 14.2 Å². The Morgan fingerprint density at radius 3 is 3.00 bits per heavy atom. The zero-order valence-corrected chi connectivity index (χ0v) is 14.8. The van der Waals surface area contributed by atoms with E-state index in [-0.39, 0.29) is 5.91 Å². The summed E-state index contributed by atoms with van der Waals surface area (Å²) in [5.41, 5.74) is 1.69. The van der Waals surface area contributed by atoms with E-state index in [1.807, 2.05) is 24.3 Å². The first-order valence-corrected chi connectivity index (χ1v) is 8.51. The molecule has 0 bridgehead atoms. The van der Waals surface area contributed by atoms with Crippen LogP contribution in [0.25, 0.3) is 0 Å². The molecule has 1 amide bonds. The number of methoxy groups -OCH3 is 1. The van der Waals surface area contributed by atoms with E-state index in [1.165, 1.54) is 0 Å². The normalized spacial score (nSPS) is 17.9. The summed E-state index contributed by atoms with van der Waals surface area (Å²) in [7, 11) is 3.39. The number of nitrogens with zero attached hydrogens (tertiary/aromatic N) is 2. The van der Waals surface area contributed by atoms with Gasteiger partial charge in [-0.2, -0.15) is 0 Å². The van der Waals surface area contributed by atoms with Crippen LogP contribution < -0.4 is 10.6 Å². The van der Waals surface area contributed by atoms with Gasteiger partial charge >= 0.3 is 0 Å². The number of carbonyl (C=O) groups excluding carboxylic acids is 1. The van der Waals surface area contributed by atoms with Crippen LogP contribution in [0.2, 0.25) is 0 Å². The van der Waals surface area contributed by atoms with Gasteiger partial charge in [-0.15, -0.1) is 0 Å². The fraction of sp³-hybridized carbons (Fsp3) is 0.556. The third-order valence-corrected chi connectivity index (χ3v) is 4.15. The zero-order valence-electron chi connectivity index (χ0n) is 14.8. The van der Waals surface area contributed by atoms with Gasteiger partial charge in [0.2, 0.25) is 0 Å². The standard InChI is InChI=1S/C18H28N4O2/c1-4-20-18(22-9-8-15(12-22)13-24-3)21-11-14-6-5-7-16(10-14)17(23)19-2/h5-7,10,15H,4,8-9,11-13H2,1-3H3,(H,19,23)(H,20,21). The van der Waals surface area contributed by atoms with Gasteiger partial charge in [0.15, 0.2) is 5.96 Å². The van der Waals surface area contributed by atoms with Gasteiger partial charge in [-0.1, -0.05) is 12.1 Å². The second kappa shape index (κ2) is 9.27. The maximum absolute atomic E-state index is 11.7. The molecule has 0 radical (unpaired) electrons. The molecular weight excluding hydrogens is 304 g/mol. The Morgan fingerprint density at radius 2 is 2.29 bits per heavy atom. The van der Waals surface area contributed by atoms with Crippen molar-refractivity contribution in [3.8, 4) is 0 Å². The topological polar surface area (TPSA) is 66.0 Å².